The number of carbonyl (C=O) groups excluding carboxylic acids is 2. The Morgan fingerprint density at radius 3 is 2.16 bits per heavy atom. The number of hydrogen-bond acceptors (Lipinski definition) is 4. The van der Waals surface area contributed by atoms with Gasteiger partial charge in [-0.15, -0.1) is 0 Å². The number of benzene rings is 2. The Morgan fingerprint density at radius 1 is 0.800 bits per heavy atom. The summed E-state index contributed by atoms with van der Waals surface area (Å²) in [5.41, 5.74) is 5.09. The highest BCUT2D eigenvalue weighted by Gasteiger charge is 2.13. The zero-order chi connectivity index (χ0) is 17.5. The Balaban J connectivity index is 1.51. The maximum absolute atomic E-state index is 12.0. The van der Waals surface area contributed by atoms with Crippen molar-refractivity contribution >= 4 is 11.8 Å². The molecule has 0 fully saturated rings. The van der Waals surface area contributed by atoms with Crippen LogP contribution in [0.2, 0.25) is 0 Å². The van der Waals surface area contributed by atoms with E-state index in [0.717, 1.165) is 0 Å². The van der Waals surface area contributed by atoms with Gasteiger partial charge in [-0.2, -0.15) is 0 Å². The molecule has 6 nitrogen and oxygen atoms in total. The fourth-order valence-corrected chi connectivity index (χ4v) is 2.09. The van der Waals surface area contributed by atoms with E-state index in [1.165, 1.54) is 6.07 Å². The minimum absolute atomic E-state index is 0.0834. The second kappa shape index (κ2) is 7.83. The molecule has 1 aromatic heterocycles. The van der Waals surface area contributed by atoms with Gasteiger partial charge in [-0.05, 0) is 36.4 Å². The Kier molecular flexibility index (Phi) is 5.11. The van der Waals surface area contributed by atoms with Crippen LogP contribution in [-0.4, -0.2) is 11.8 Å². The van der Waals surface area contributed by atoms with Gasteiger partial charge in [0.25, 0.3) is 5.91 Å². The number of ether oxygens (including phenoxy) is 1. The van der Waals surface area contributed by atoms with Gasteiger partial charge in [0.1, 0.15) is 18.1 Å². The summed E-state index contributed by atoms with van der Waals surface area (Å²) in [5.74, 6) is 0.340. The first-order valence-electron chi connectivity index (χ1n) is 7.64. The summed E-state index contributed by atoms with van der Waals surface area (Å²) in [6.07, 6.45) is 0. The van der Waals surface area contributed by atoms with Crippen LogP contribution >= 0.6 is 0 Å². The summed E-state index contributed by atoms with van der Waals surface area (Å²) in [7, 11) is 0. The van der Waals surface area contributed by atoms with Crippen LogP contribution in [-0.2, 0) is 6.61 Å². The lowest BCUT2D eigenvalue weighted by molar-refractivity contribution is 0.0828. The van der Waals surface area contributed by atoms with Gasteiger partial charge in [-0.1, -0.05) is 36.4 Å². The number of carbonyl (C=O) groups is 2. The molecular weight excluding hydrogens is 320 g/mol. The van der Waals surface area contributed by atoms with Crippen molar-refractivity contribution in [2.24, 2.45) is 0 Å². The van der Waals surface area contributed by atoms with Crippen molar-refractivity contribution in [2.75, 3.05) is 0 Å². The van der Waals surface area contributed by atoms with Crippen molar-refractivity contribution in [3.63, 3.8) is 0 Å². The minimum atomic E-state index is -0.546. The highest BCUT2D eigenvalue weighted by Crippen LogP contribution is 2.13. The van der Waals surface area contributed by atoms with Crippen molar-refractivity contribution in [2.45, 2.75) is 6.61 Å². The number of hydrazine groups is 1. The predicted octanol–water partition coefficient (Wildman–Crippen LogP) is 2.93. The molecule has 0 unspecified atom stereocenters. The fraction of sp³-hybridized carbons (Fsp3) is 0.0526. The highest BCUT2D eigenvalue weighted by atomic mass is 16.5. The molecular formula is C19H16N2O4. The van der Waals surface area contributed by atoms with Crippen molar-refractivity contribution in [3.05, 3.63) is 89.9 Å². The molecule has 0 saturated carbocycles. The molecule has 0 aliphatic heterocycles. The maximum Gasteiger partial charge on any atom is 0.305 e. The number of para-hydroxylation sites is 1. The smallest absolute Gasteiger partial charge is 0.305 e. The van der Waals surface area contributed by atoms with Crippen molar-refractivity contribution in [1.82, 2.24) is 10.9 Å². The molecule has 2 N–H and O–H groups in total. The Morgan fingerprint density at radius 2 is 1.44 bits per heavy atom. The summed E-state index contributed by atoms with van der Waals surface area (Å²) in [6, 6.07) is 21.0. The number of furan rings is 1. The van der Waals surface area contributed by atoms with E-state index in [0.29, 0.717) is 17.1 Å². The predicted molar refractivity (Wildman–Crippen MR) is 90.9 cm³/mol. The van der Waals surface area contributed by atoms with E-state index in [1.54, 1.807) is 36.4 Å². The topological polar surface area (TPSA) is 80.6 Å². The summed E-state index contributed by atoms with van der Waals surface area (Å²) >= 11 is 0. The molecule has 0 aliphatic carbocycles. The monoisotopic (exact) mass is 336 g/mol. The van der Waals surface area contributed by atoms with E-state index in [2.05, 4.69) is 10.9 Å². The summed E-state index contributed by atoms with van der Waals surface area (Å²) in [5, 5.41) is 0. The van der Waals surface area contributed by atoms with Gasteiger partial charge >= 0.3 is 5.91 Å². The Labute approximate surface area is 144 Å². The van der Waals surface area contributed by atoms with Gasteiger partial charge in [-0.3, -0.25) is 20.4 Å². The molecule has 0 atom stereocenters. The summed E-state index contributed by atoms with van der Waals surface area (Å²) in [6.45, 7) is 0.202. The number of amides is 2. The zero-order valence-electron chi connectivity index (χ0n) is 13.3. The van der Waals surface area contributed by atoms with Crippen molar-refractivity contribution in [3.8, 4) is 5.75 Å². The SMILES string of the molecule is O=C(NNC(=O)c1ccc(COc2ccccc2)o1)c1ccccc1. The first kappa shape index (κ1) is 16.3. The third-order valence-electron chi connectivity index (χ3n) is 3.34. The van der Waals surface area contributed by atoms with Gasteiger partial charge in [0, 0.05) is 5.56 Å². The largest absolute Gasteiger partial charge is 0.486 e. The molecule has 0 bridgehead atoms. The van der Waals surface area contributed by atoms with E-state index < -0.39 is 11.8 Å². The van der Waals surface area contributed by atoms with Gasteiger partial charge in [0.15, 0.2) is 5.76 Å². The average Bonchev–Trinajstić information content (AvgIpc) is 3.15. The van der Waals surface area contributed by atoms with E-state index in [1.807, 2.05) is 30.3 Å². The van der Waals surface area contributed by atoms with Crippen LogP contribution < -0.4 is 15.6 Å². The molecule has 3 rings (SSSR count). The van der Waals surface area contributed by atoms with Gasteiger partial charge in [-0.25, -0.2) is 0 Å². The molecule has 2 aromatic carbocycles. The Bertz CT molecular complexity index is 844. The average molecular weight is 336 g/mol. The van der Waals surface area contributed by atoms with Crippen LogP contribution in [0.15, 0.2) is 77.2 Å². The molecule has 25 heavy (non-hydrogen) atoms. The van der Waals surface area contributed by atoms with Gasteiger partial charge in [0.05, 0.1) is 0 Å². The Hall–Kier alpha value is -3.54. The quantitative estimate of drug-likeness (QED) is 0.702. The van der Waals surface area contributed by atoms with Crippen molar-refractivity contribution < 1.29 is 18.7 Å². The highest BCUT2D eigenvalue weighted by molar-refractivity contribution is 5.97. The molecule has 126 valence electrons. The van der Waals surface area contributed by atoms with Crippen LogP contribution in [0, 0.1) is 0 Å². The number of hydrogen-bond donors (Lipinski definition) is 2. The molecule has 0 saturated heterocycles. The van der Waals surface area contributed by atoms with E-state index in [-0.39, 0.29) is 12.4 Å². The molecule has 0 aliphatic rings. The first-order valence-corrected chi connectivity index (χ1v) is 7.64. The summed E-state index contributed by atoms with van der Waals surface area (Å²) < 4.78 is 11.0. The number of nitrogens with one attached hydrogen (secondary N) is 2. The van der Waals surface area contributed by atoms with Crippen LogP contribution in [0.5, 0.6) is 5.75 Å². The number of rotatable bonds is 5. The van der Waals surface area contributed by atoms with Crippen LogP contribution in [0.3, 0.4) is 0 Å². The van der Waals surface area contributed by atoms with E-state index in [4.69, 9.17) is 9.15 Å². The van der Waals surface area contributed by atoms with E-state index >= 15 is 0 Å². The maximum atomic E-state index is 12.0. The lowest BCUT2D eigenvalue weighted by atomic mass is 10.2. The van der Waals surface area contributed by atoms with E-state index in [9.17, 15) is 9.59 Å². The second-order valence-corrected chi connectivity index (χ2v) is 5.14. The summed E-state index contributed by atoms with van der Waals surface area (Å²) in [4.78, 5) is 23.9. The molecule has 6 heteroatoms. The van der Waals surface area contributed by atoms with Crippen molar-refractivity contribution in [1.29, 1.82) is 0 Å². The second-order valence-electron chi connectivity index (χ2n) is 5.14. The first-order chi connectivity index (χ1) is 12.2. The van der Waals surface area contributed by atoms with Crippen LogP contribution in [0.4, 0.5) is 0 Å². The molecule has 0 radical (unpaired) electrons. The molecule has 1 heterocycles. The third kappa shape index (κ3) is 4.48. The lowest BCUT2D eigenvalue weighted by Gasteiger charge is -2.06. The van der Waals surface area contributed by atoms with Crippen LogP contribution in [0.25, 0.3) is 0 Å². The zero-order valence-corrected chi connectivity index (χ0v) is 13.3. The van der Waals surface area contributed by atoms with Crippen LogP contribution in [0.1, 0.15) is 26.7 Å². The minimum Gasteiger partial charge on any atom is -0.486 e. The van der Waals surface area contributed by atoms with Gasteiger partial charge in [0.2, 0.25) is 0 Å². The normalized spacial score (nSPS) is 10.1. The molecule has 2 amide bonds. The lowest BCUT2D eigenvalue weighted by Crippen LogP contribution is -2.41. The third-order valence-corrected chi connectivity index (χ3v) is 3.34. The fourth-order valence-electron chi connectivity index (χ4n) is 2.09. The molecule has 0 spiro atoms. The standard InChI is InChI=1S/C19H16N2O4/c22-18(14-7-3-1-4-8-14)20-21-19(23)17-12-11-16(25-17)13-24-15-9-5-2-6-10-15/h1-12H,13H2,(H,20,22)(H,21,23). The van der Waals surface area contributed by atoms with Gasteiger partial charge < -0.3 is 9.15 Å². The molecule has 3 aromatic rings.